The number of carboxylic acid groups (broad SMARTS) is 1. The predicted octanol–water partition coefficient (Wildman–Crippen LogP) is 2.72. The molecule has 2 atom stereocenters. The van der Waals surface area contributed by atoms with Gasteiger partial charge in [0.15, 0.2) is 0 Å². The minimum Gasteiger partial charge on any atom is -0.481 e. The molecule has 0 spiro atoms. The first-order valence-corrected chi connectivity index (χ1v) is 5.79. The third kappa shape index (κ3) is 3.96. The van der Waals surface area contributed by atoms with Gasteiger partial charge in [0.1, 0.15) is 5.82 Å². The Labute approximate surface area is 96.8 Å². The summed E-state index contributed by atoms with van der Waals surface area (Å²) < 4.78 is 0. The molecule has 1 aromatic rings. The van der Waals surface area contributed by atoms with E-state index in [1.807, 2.05) is 27.7 Å². The molecule has 1 aliphatic rings. The maximum absolute atomic E-state index is 10.5. The molecular weight excluding hydrogens is 204 g/mol. The third-order valence-electron chi connectivity index (χ3n) is 2.03. The fourth-order valence-corrected chi connectivity index (χ4v) is 1.26. The van der Waals surface area contributed by atoms with Crippen LogP contribution >= 0.6 is 0 Å². The monoisotopic (exact) mass is 224 g/mol. The summed E-state index contributed by atoms with van der Waals surface area (Å²) in [4.78, 5) is 18.5. The van der Waals surface area contributed by atoms with Crippen LogP contribution in [0.15, 0.2) is 18.5 Å². The summed E-state index contributed by atoms with van der Waals surface area (Å²) in [5.74, 6) is -0.298. The molecule has 4 heteroatoms. The first-order chi connectivity index (χ1) is 7.79. The van der Waals surface area contributed by atoms with Crippen molar-refractivity contribution in [2.45, 2.75) is 40.0 Å². The van der Waals surface area contributed by atoms with Crippen LogP contribution in [0.4, 0.5) is 0 Å². The van der Waals surface area contributed by atoms with Crippen LogP contribution in [-0.2, 0) is 4.79 Å². The highest BCUT2D eigenvalue weighted by molar-refractivity contribution is 5.74. The second kappa shape index (κ2) is 7.79. The molecule has 4 nitrogen and oxygen atoms in total. The maximum Gasteiger partial charge on any atom is 0.307 e. The lowest BCUT2D eigenvalue weighted by atomic mass is 10.3. The molecule has 2 rings (SSSR count). The van der Waals surface area contributed by atoms with Gasteiger partial charge in [0.2, 0.25) is 0 Å². The zero-order valence-corrected chi connectivity index (χ0v) is 10.3. The second-order valence-corrected chi connectivity index (χ2v) is 2.89. The molecule has 0 bridgehead atoms. The van der Waals surface area contributed by atoms with Gasteiger partial charge in [-0.25, -0.2) is 9.97 Å². The molecule has 1 fully saturated rings. The molecule has 0 amide bonds. The largest absolute Gasteiger partial charge is 0.481 e. The summed E-state index contributed by atoms with van der Waals surface area (Å²) >= 11 is 0. The Bertz CT molecular complexity index is 301. The number of hydrogen-bond acceptors (Lipinski definition) is 3. The van der Waals surface area contributed by atoms with Gasteiger partial charge in [-0.05, 0) is 12.5 Å². The first-order valence-electron chi connectivity index (χ1n) is 5.79. The minimum atomic E-state index is -0.743. The lowest BCUT2D eigenvalue weighted by molar-refractivity contribution is -0.138. The Morgan fingerprint density at radius 2 is 1.75 bits per heavy atom. The fourth-order valence-electron chi connectivity index (χ4n) is 1.26. The highest BCUT2D eigenvalue weighted by Gasteiger charge is 2.46. The highest BCUT2D eigenvalue weighted by Crippen LogP contribution is 2.45. The van der Waals surface area contributed by atoms with E-state index < -0.39 is 5.97 Å². The van der Waals surface area contributed by atoms with Gasteiger partial charge in [-0.2, -0.15) is 0 Å². The average molecular weight is 224 g/mol. The van der Waals surface area contributed by atoms with E-state index in [0.717, 1.165) is 0 Å². The van der Waals surface area contributed by atoms with E-state index in [2.05, 4.69) is 9.97 Å². The zero-order valence-electron chi connectivity index (χ0n) is 10.3. The van der Waals surface area contributed by atoms with Crippen molar-refractivity contribution >= 4 is 5.97 Å². The van der Waals surface area contributed by atoms with E-state index in [-0.39, 0.29) is 11.8 Å². The van der Waals surface area contributed by atoms with Crippen molar-refractivity contribution in [3.8, 4) is 0 Å². The molecule has 2 unspecified atom stereocenters. The topological polar surface area (TPSA) is 63.1 Å². The summed E-state index contributed by atoms with van der Waals surface area (Å²) in [6.45, 7) is 8.00. The van der Waals surface area contributed by atoms with Crippen molar-refractivity contribution < 1.29 is 9.90 Å². The van der Waals surface area contributed by atoms with Crippen molar-refractivity contribution in [3.05, 3.63) is 24.3 Å². The van der Waals surface area contributed by atoms with Gasteiger partial charge in [0.25, 0.3) is 0 Å². The van der Waals surface area contributed by atoms with Crippen molar-refractivity contribution in [2.75, 3.05) is 0 Å². The third-order valence-corrected chi connectivity index (χ3v) is 2.03. The van der Waals surface area contributed by atoms with Gasteiger partial charge < -0.3 is 5.11 Å². The summed E-state index contributed by atoms with van der Waals surface area (Å²) in [6.07, 6.45) is 3.96. The molecule has 0 aromatic carbocycles. The Morgan fingerprint density at radius 3 is 2.12 bits per heavy atom. The molecule has 0 saturated heterocycles. The number of aromatic nitrogens is 2. The van der Waals surface area contributed by atoms with Crippen molar-refractivity contribution in [2.24, 2.45) is 5.92 Å². The summed E-state index contributed by atoms with van der Waals surface area (Å²) in [6, 6.07) is 1.72. The number of hydrogen-bond donors (Lipinski definition) is 1. The predicted molar refractivity (Wildman–Crippen MR) is 63.2 cm³/mol. The van der Waals surface area contributed by atoms with Gasteiger partial charge >= 0.3 is 5.97 Å². The van der Waals surface area contributed by atoms with Crippen LogP contribution in [0.1, 0.15) is 45.9 Å². The smallest absolute Gasteiger partial charge is 0.307 e. The van der Waals surface area contributed by atoms with Crippen LogP contribution in [0.5, 0.6) is 0 Å². The molecule has 0 aliphatic heterocycles. The van der Waals surface area contributed by atoms with Gasteiger partial charge in [-0.1, -0.05) is 27.7 Å². The lowest BCUT2D eigenvalue weighted by Crippen LogP contribution is -2.00. The fraction of sp³-hybridized carbons (Fsp3) is 0.583. The van der Waals surface area contributed by atoms with E-state index in [4.69, 9.17) is 5.11 Å². The van der Waals surface area contributed by atoms with E-state index >= 15 is 0 Å². The molecule has 1 aromatic heterocycles. The summed E-state index contributed by atoms with van der Waals surface area (Å²) in [5.41, 5.74) is 0. The first kappa shape index (κ1) is 14.6. The number of carboxylic acids is 1. The molecule has 16 heavy (non-hydrogen) atoms. The van der Waals surface area contributed by atoms with Crippen LogP contribution in [0, 0.1) is 5.92 Å². The van der Waals surface area contributed by atoms with Crippen LogP contribution in [0.3, 0.4) is 0 Å². The van der Waals surface area contributed by atoms with E-state index in [9.17, 15) is 4.79 Å². The van der Waals surface area contributed by atoms with Gasteiger partial charge in [0, 0.05) is 18.3 Å². The molecule has 1 aliphatic carbocycles. The summed E-state index contributed by atoms with van der Waals surface area (Å²) in [5, 5.41) is 8.63. The van der Waals surface area contributed by atoms with Gasteiger partial charge in [0.05, 0.1) is 5.92 Å². The van der Waals surface area contributed by atoms with Gasteiger partial charge in [-0.15, -0.1) is 0 Å². The lowest BCUT2D eigenvalue weighted by Gasteiger charge is -1.93. The standard InChI is InChI=1S/C8H8N2O2.2C2H6/c11-8(12)6-4-5(6)7-9-2-1-3-10-7;2*1-2/h1-3,5-6H,4H2,(H,11,12);2*1-2H3. The van der Waals surface area contributed by atoms with E-state index in [1.54, 1.807) is 18.5 Å². The van der Waals surface area contributed by atoms with Crippen LogP contribution in [0.25, 0.3) is 0 Å². The van der Waals surface area contributed by atoms with Crippen molar-refractivity contribution in [1.82, 2.24) is 9.97 Å². The minimum absolute atomic E-state index is 0.0451. The summed E-state index contributed by atoms with van der Waals surface area (Å²) in [7, 11) is 0. The van der Waals surface area contributed by atoms with Crippen LogP contribution < -0.4 is 0 Å². The normalized spacial score (nSPS) is 20.8. The highest BCUT2D eigenvalue weighted by atomic mass is 16.4. The van der Waals surface area contributed by atoms with E-state index in [1.165, 1.54) is 0 Å². The Balaban J connectivity index is 0.000000509. The number of carbonyl (C=O) groups is 1. The quantitative estimate of drug-likeness (QED) is 0.839. The Morgan fingerprint density at radius 1 is 1.25 bits per heavy atom. The van der Waals surface area contributed by atoms with Crippen molar-refractivity contribution in [1.29, 1.82) is 0 Å². The molecule has 90 valence electrons. The molecule has 1 N–H and O–H groups in total. The SMILES string of the molecule is CC.CC.O=C(O)C1CC1c1ncccn1. The van der Waals surface area contributed by atoms with E-state index in [0.29, 0.717) is 12.2 Å². The molecule has 0 radical (unpaired) electrons. The number of nitrogens with zero attached hydrogens (tertiary/aromatic N) is 2. The second-order valence-electron chi connectivity index (χ2n) is 2.89. The number of rotatable bonds is 2. The maximum atomic E-state index is 10.5. The number of aliphatic carboxylic acids is 1. The van der Waals surface area contributed by atoms with Crippen molar-refractivity contribution in [3.63, 3.8) is 0 Å². The van der Waals surface area contributed by atoms with Crippen LogP contribution in [-0.4, -0.2) is 21.0 Å². The van der Waals surface area contributed by atoms with Crippen LogP contribution in [0.2, 0.25) is 0 Å². The molecule has 1 heterocycles. The average Bonchev–Trinajstić information content (AvgIpc) is 3.15. The molecular formula is C12H20N2O2. The Kier molecular flexibility index (Phi) is 7.09. The molecule has 1 saturated carbocycles. The Hall–Kier alpha value is -1.45. The zero-order chi connectivity index (χ0) is 12.6. The van der Waals surface area contributed by atoms with Gasteiger partial charge in [-0.3, -0.25) is 4.79 Å².